The minimum Gasteiger partial charge on any atom is -0.481 e. The van der Waals surface area contributed by atoms with Crippen LogP contribution >= 0.6 is 0 Å². The van der Waals surface area contributed by atoms with Crippen LogP contribution in [0.4, 0.5) is 4.39 Å². The Hall–Kier alpha value is -1.91. The molecule has 0 aliphatic rings. The van der Waals surface area contributed by atoms with E-state index in [0.717, 1.165) is 5.56 Å². The maximum atomic E-state index is 13.1. The summed E-state index contributed by atoms with van der Waals surface area (Å²) in [4.78, 5) is 23.8. The van der Waals surface area contributed by atoms with E-state index in [1.54, 1.807) is 26.1 Å². The molecule has 1 N–H and O–H groups in total. The predicted molar refractivity (Wildman–Crippen MR) is 69.3 cm³/mol. The Bertz CT molecular complexity index is 488. The third kappa shape index (κ3) is 4.05. The number of benzene rings is 1. The van der Waals surface area contributed by atoms with Crippen LogP contribution in [-0.2, 0) is 16.0 Å². The number of amides is 1. The number of hydrogen-bond acceptors (Lipinski definition) is 2. The highest BCUT2D eigenvalue weighted by molar-refractivity contribution is 5.96. The molecule has 0 aliphatic carbocycles. The van der Waals surface area contributed by atoms with Crippen molar-refractivity contribution in [3.8, 4) is 0 Å². The molecule has 1 rings (SSSR count). The molecule has 104 valence electrons. The van der Waals surface area contributed by atoms with Crippen LogP contribution in [0, 0.1) is 18.7 Å². The maximum absolute atomic E-state index is 13.1. The van der Waals surface area contributed by atoms with Gasteiger partial charge in [0.1, 0.15) is 11.7 Å². The Morgan fingerprint density at radius 1 is 1.42 bits per heavy atom. The fraction of sp³-hybridized carbons (Fsp3) is 0.429. The number of aryl methyl sites for hydroxylation is 1. The molecule has 0 aliphatic heterocycles. The molecule has 1 unspecified atom stereocenters. The van der Waals surface area contributed by atoms with Crippen LogP contribution in [0.15, 0.2) is 18.2 Å². The first-order valence-electron chi connectivity index (χ1n) is 6.05. The molecule has 1 aromatic rings. The molecule has 1 aromatic carbocycles. The number of nitrogens with zero attached hydrogens (tertiary/aromatic N) is 1. The highest BCUT2D eigenvalue weighted by Crippen LogP contribution is 2.10. The summed E-state index contributed by atoms with van der Waals surface area (Å²) in [5.74, 6) is -2.85. The van der Waals surface area contributed by atoms with Crippen LogP contribution in [-0.4, -0.2) is 35.5 Å². The molecule has 0 saturated heterocycles. The number of likely N-dealkylation sites (N-methyl/N-ethyl adjacent to an activating group) is 1. The Morgan fingerprint density at radius 3 is 2.58 bits per heavy atom. The van der Waals surface area contributed by atoms with E-state index in [4.69, 9.17) is 5.11 Å². The number of halogens is 1. The lowest BCUT2D eigenvalue weighted by atomic mass is 10.1. The van der Waals surface area contributed by atoms with E-state index in [2.05, 4.69) is 0 Å². The van der Waals surface area contributed by atoms with Crippen LogP contribution < -0.4 is 0 Å². The van der Waals surface area contributed by atoms with Crippen LogP contribution in [0.2, 0.25) is 0 Å². The van der Waals surface area contributed by atoms with Crippen molar-refractivity contribution < 1.29 is 19.1 Å². The fourth-order valence-electron chi connectivity index (χ4n) is 1.71. The van der Waals surface area contributed by atoms with Gasteiger partial charge in [0, 0.05) is 13.6 Å². The molecular formula is C14H18FNO3. The van der Waals surface area contributed by atoms with Gasteiger partial charge in [0.05, 0.1) is 0 Å². The predicted octanol–water partition coefficient (Wildman–Crippen LogP) is 1.86. The minimum atomic E-state index is -1.13. The first-order valence-corrected chi connectivity index (χ1v) is 6.05. The number of carboxylic acids is 1. The van der Waals surface area contributed by atoms with Gasteiger partial charge in [-0.1, -0.05) is 12.1 Å². The number of aliphatic carboxylic acids is 1. The lowest BCUT2D eigenvalue weighted by Crippen LogP contribution is -2.36. The van der Waals surface area contributed by atoms with E-state index in [0.29, 0.717) is 18.5 Å². The summed E-state index contributed by atoms with van der Waals surface area (Å²) >= 11 is 0. The second-order valence-corrected chi connectivity index (χ2v) is 4.65. The highest BCUT2D eigenvalue weighted by atomic mass is 19.1. The summed E-state index contributed by atoms with van der Waals surface area (Å²) in [6.45, 7) is 3.45. The molecule has 5 heteroatoms. The summed E-state index contributed by atoms with van der Waals surface area (Å²) in [6, 6.07) is 4.79. The molecule has 0 aromatic heterocycles. The molecule has 0 fully saturated rings. The first-order chi connectivity index (χ1) is 8.82. The van der Waals surface area contributed by atoms with E-state index >= 15 is 0 Å². The SMILES string of the molecule is Cc1cc(CCN(C)C(=O)C(C)C(=O)O)ccc1F. The van der Waals surface area contributed by atoms with Gasteiger partial charge < -0.3 is 10.0 Å². The van der Waals surface area contributed by atoms with Crippen molar-refractivity contribution in [1.29, 1.82) is 0 Å². The first kappa shape index (κ1) is 15.1. The number of carboxylic acid groups (broad SMARTS) is 1. The van der Waals surface area contributed by atoms with E-state index < -0.39 is 17.8 Å². The van der Waals surface area contributed by atoms with Gasteiger partial charge in [-0.05, 0) is 37.5 Å². The highest BCUT2D eigenvalue weighted by Gasteiger charge is 2.23. The van der Waals surface area contributed by atoms with Crippen molar-refractivity contribution in [3.63, 3.8) is 0 Å². The van der Waals surface area contributed by atoms with E-state index in [9.17, 15) is 14.0 Å². The molecule has 4 nitrogen and oxygen atoms in total. The lowest BCUT2D eigenvalue weighted by molar-refractivity contribution is -0.149. The van der Waals surface area contributed by atoms with E-state index in [1.165, 1.54) is 17.9 Å². The van der Waals surface area contributed by atoms with Crippen molar-refractivity contribution in [2.45, 2.75) is 20.3 Å². The molecule has 19 heavy (non-hydrogen) atoms. The van der Waals surface area contributed by atoms with Crippen molar-refractivity contribution in [3.05, 3.63) is 35.1 Å². The second-order valence-electron chi connectivity index (χ2n) is 4.65. The lowest BCUT2D eigenvalue weighted by Gasteiger charge is -2.19. The standard InChI is InChI=1S/C14H18FNO3/c1-9-8-11(4-5-12(9)15)6-7-16(3)13(17)10(2)14(18)19/h4-5,8,10H,6-7H2,1-3H3,(H,18,19). The topological polar surface area (TPSA) is 57.6 Å². The van der Waals surface area contributed by atoms with Crippen molar-refractivity contribution >= 4 is 11.9 Å². The molecular weight excluding hydrogens is 249 g/mol. The largest absolute Gasteiger partial charge is 0.481 e. The van der Waals surface area contributed by atoms with Gasteiger partial charge in [0.2, 0.25) is 5.91 Å². The number of carbonyl (C=O) groups is 2. The minimum absolute atomic E-state index is 0.257. The van der Waals surface area contributed by atoms with Gasteiger partial charge in [0.25, 0.3) is 0 Å². The molecule has 0 saturated carbocycles. The van der Waals surface area contributed by atoms with Crippen molar-refractivity contribution in [1.82, 2.24) is 4.90 Å². The van der Waals surface area contributed by atoms with Crippen LogP contribution in [0.5, 0.6) is 0 Å². The Morgan fingerprint density at radius 2 is 2.05 bits per heavy atom. The zero-order chi connectivity index (χ0) is 14.6. The summed E-state index contributed by atoms with van der Waals surface area (Å²) < 4.78 is 13.1. The quantitative estimate of drug-likeness (QED) is 0.828. The van der Waals surface area contributed by atoms with E-state index in [-0.39, 0.29) is 5.82 Å². The monoisotopic (exact) mass is 267 g/mol. The van der Waals surface area contributed by atoms with Crippen LogP contribution in [0.3, 0.4) is 0 Å². The Labute approximate surface area is 111 Å². The van der Waals surface area contributed by atoms with Crippen LogP contribution in [0.1, 0.15) is 18.1 Å². The van der Waals surface area contributed by atoms with Gasteiger partial charge in [-0.3, -0.25) is 9.59 Å². The number of carbonyl (C=O) groups excluding carboxylic acids is 1. The second kappa shape index (κ2) is 6.31. The summed E-state index contributed by atoms with van der Waals surface area (Å²) in [6.07, 6.45) is 0.565. The molecule has 0 heterocycles. The Balaban J connectivity index is 2.58. The number of hydrogen-bond donors (Lipinski definition) is 1. The summed E-state index contributed by atoms with van der Waals surface area (Å²) in [7, 11) is 1.57. The average Bonchev–Trinajstić information content (AvgIpc) is 2.37. The Kier molecular flexibility index (Phi) is 5.03. The molecule has 0 spiro atoms. The molecule has 1 amide bonds. The van der Waals surface area contributed by atoms with Gasteiger partial charge >= 0.3 is 5.97 Å². The smallest absolute Gasteiger partial charge is 0.315 e. The summed E-state index contributed by atoms with van der Waals surface area (Å²) in [5.41, 5.74) is 1.48. The molecule has 0 radical (unpaired) electrons. The van der Waals surface area contributed by atoms with Gasteiger partial charge in [0.15, 0.2) is 0 Å². The molecule has 0 bridgehead atoms. The third-order valence-corrected chi connectivity index (χ3v) is 3.08. The fourth-order valence-corrected chi connectivity index (χ4v) is 1.71. The maximum Gasteiger partial charge on any atom is 0.315 e. The third-order valence-electron chi connectivity index (χ3n) is 3.08. The summed E-state index contributed by atoms with van der Waals surface area (Å²) in [5, 5.41) is 8.76. The van der Waals surface area contributed by atoms with Gasteiger partial charge in [-0.2, -0.15) is 0 Å². The van der Waals surface area contributed by atoms with Gasteiger partial charge in [-0.15, -0.1) is 0 Å². The van der Waals surface area contributed by atoms with E-state index in [1.807, 2.05) is 0 Å². The normalized spacial score (nSPS) is 12.0. The van der Waals surface area contributed by atoms with Crippen LogP contribution in [0.25, 0.3) is 0 Å². The zero-order valence-corrected chi connectivity index (χ0v) is 11.3. The zero-order valence-electron chi connectivity index (χ0n) is 11.3. The van der Waals surface area contributed by atoms with Gasteiger partial charge in [-0.25, -0.2) is 4.39 Å². The molecule has 1 atom stereocenters. The van der Waals surface area contributed by atoms with Crippen molar-refractivity contribution in [2.24, 2.45) is 5.92 Å². The number of rotatable bonds is 5. The average molecular weight is 267 g/mol. The van der Waals surface area contributed by atoms with Crippen molar-refractivity contribution in [2.75, 3.05) is 13.6 Å².